The Hall–Kier alpha value is -2.48. The molecule has 29 heavy (non-hydrogen) atoms. The number of imidazole rings is 1. The Balaban J connectivity index is 1.52. The van der Waals surface area contributed by atoms with Crippen LogP contribution >= 0.6 is 0 Å². The van der Waals surface area contributed by atoms with Gasteiger partial charge in [-0.3, -0.25) is 23.9 Å². The second-order valence-corrected chi connectivity index (χ2v) is 7.75. The first-order valence-corrected chi connectivity index (χ1v) is 10.2. The Kier molecular flexibility index (Phi) is 6.08. The van der Waals surface area contributed by atoms with Crippen LogP contribution in [0.3, 0.4) is 0 Å². The summed E-state index contributed by atoms with van der Waals surface area (Å²) in [4.78, 5) is 21.4. The van der Waals surface area contributed by atoms with Crippen LogP contribution in [0.5, 0.6) is 0 Å². The highest BCUT2D eigenvalue weighted by Crippen LogP contribution is 2.17. The maximum Gasteiger partial charge on any atom is 0.328 e. The lowest BCUT2D eigenvalue weighted by Crippen LogP contribution is -2.41. The summed E-state index contributed by atoms with van der Waals surface area (Å²) in [6.45, 7) is 7.32. The SMILES string of the molecule is Cn1c(=O)n(C)c2cc(CN(CCN3CCOCC3)Cc3cccnc3)ccc21. The smallest absolute Gasteiger partial charge is 0.328 e. The zero-order chi connectivity index (χ0) is 20.2. The minimum Gasteiger partial charge on any atom is -0.379 e. The molecule has 2 aromatic heterocycles. The molecule has 0 radical (unpaired) electrons. The molecule has 0 aliphatic carbocycles. The molecular formula is C22H29N5O2. The number of aromatic nitrogens is 3. The van der Waals surface area contributed by atoms with E-state index >= 15 is 0 Å². The Morgan fingerprint density at radius 3 is 2.55 bits per heavy atom. The molecule has 4 rings (SSSR count). The highest BCUT2D eigenvalue weighted by atomic mass is 16.5. The second-order valence-electron chi connectivity index (χ2n) is 7.75. The number of hydrogen-bond donors (Lipinski definition) is 0. The van der Waals surface area contributed by atoms with Crippen LogP contribution in [0.25, 0.3) is 11.0 Å². The van der Waals surface area contributed by atoms with Crippen molar-refractivity contribution in [2.24, 2.45) is 14.1 Å². The van der Waals surface area contributed by atoms with Gasteiger partial charge in [-0.1, -0.05) is 12.1 Å². The minimum atomic E-state index is 0.0108. The van der Waals surface area contributed by atoms with E-state index in [1.807, 2.05) is 32.6 Å². The van der Waals surface area contributed by atoms with Crippen LogP contribution in [0.4, 0.5) is 0 Å². The van der Waals surface area contributed by atoms with Crippen LogP contribution in [-0.2, 0) is 31.9 Å². The summed E-state index contributed by atoms with van der Waals surface area (Å²) in [5.41, 5.74) is 4.38. The normalized spacial score (nSPS) is 15.4. The van der Waals surface area contributed by atoms with Gasteiger partial charge in [0.2, 0.25) is 0 Å². The number of ether oxygens (including phenoxy) is 1. The van der Waals surface area contributed by atoms with Gasteiger partial charge in [-0.15, -0.1) is 0 Å². The summed E-state index contributed by atoms with van der Waals surface area (Å²) in [5.74, 6) is 0. The van der Waals surface area contributed by atoms with Gasteiger partial charge in [0, 0.05) is 65.8 Å². The van der Waals surface area contributed by atoms with E-state index in [9.17, 15) is 4.79 Å². The monoisotopic (exact) mass is 395 g/mol. The largest absolute Gasteiger partial charge is 0.379 e. The summed E-state index contributed by atoms with van der Waals surface area (Å²) in [6, 6.07) is 10.4. The number of hydrogen-bond acceptors (Lipinski definition) is 5. The van der Waals surface area contributed by atoms with Gasteiger partial charge in [0.1, 0.15) is 0 Å². The molecule has 154 valence electrons. The van der Waals surface area contributed by atoms with Crippen LogP contribution < -0.4 is 5.69 Å². The van der Waals surface area contributed by atoms with E-state index in [2.05, 4.69) is 39.0 Å². The summed E-state index contributed by atoms with van der Waals surface area (Å²) in [7, 11) is 3.65. The fourth-order valence-corrected chi connectivity index (χ4v) is 3.98. The Morgan fingerprint density at radius 2 is 1.79 bits per heavy atom. The Morgan fingerprint density at radius 1 is 1.03 bits per heavy atom. The molecule has 3 heterocycles. The average Bonchev–Trinajstić information content (AvgIpc) is 2.97. The zero-order valence-electron chi connectivity index (χ0n) is 17.3. The first kappa shape index (κ1) is 19.8. The van der Waals surface area contributed by atoms with Crippen molar-refractivity contribution in [3.05, 3.63) is 64.3 Å². The fraction of sp³-hybridized carbons (Fsp3) is 0.455. The van der Waals surface area contributed by atoms with E-state index in [-0.39, 0.29) is 5.69 Å². The van der Waals surface area contributed by atoms with Crippen molar-refractivity contribution in [1.29, 1.82) is 0 Å². The van der Waals surface area contributed by atoms with Crippen molar-refractivity contribution < 1.29 is 4.74 Å². The molecule has 7 heteroatoms. The van der Waals surface area contributed by atoms with Crippen molar-refractivity contribution >= 4 is 11.0 Å². The predicted octanol–water partition coefficient (Wildman–Crippen LogP) is 1.61. The lowest BCUT2D eigenvalue weighted by atomic mass is 10.1. The number of nitrogens with zero attached hydrogens (tertiary/aromatic N) is 5. The molecule has 1 aliphatic heterocycles. The second kappa shape index (κ2) is 8.90. The number of fused-ring (bicyclic) bond motifs is 1. The van der Waals surface area contributed by atoms with Crippen molar-refractivity contribution in [2.45, 2.75) is 13.1 Å². The van der Waals surface area contributed by atoms with Crippen LogP contribution in [0.2, 0.25) is 0 Å². The quantitative estimate of drug-likeness (QED) is 0.608. The molecular weight excluding hydrogens is 366 g/mol. The number of pyridine rings is 1. The van der Waals surface area contributed by atoms with Gasteiger partial charge in [0.15, 0.2) is 0 Å². The van der Waals surface area contributed by atoms with E-state index in [1.54, 1.807) is 9.13 Å². The lowest BCUT2D eigenvalue weighted by molar-refractivity contribution is 0.0325. The number of benzene rings is 1. The topological polar surface area (TPSA) is 55.5 Å². The van der Waals surface area contributed by atoms with E-state index in [0.717, 1.165) is 63.5 Å². The molecule has 0 spiro atoms. The summed E-state index contributed by atoms with van der Waals surface area (Å²) in [5, 5.41) is 0. The standard InChI is InChI=1S/C22H29N5O2/c1-24-20-6-5-18(14-21(20)25(2)22(24)28)16-27(17-19-4-3-7-23-15-19)9-8-26-10-12-29-13-11-26/h3-7,14-15H,8-13,16-17H2,1-2H3. The third kappa shape index (κ3) is 4.58. The van der Waals surface area contributed by atoms with Crippen LogP contribution in [0, 0.1) is 0 Å². The van der Waals surface area contributed by atoms with Gasteiger partial charge in [-0.05, 0) is 29.3 Å². The van der Waals surface area contributed by atoms with Gasteiger partial charge in [-0.2, -0.15) is 0 Å². The van der Waals surface area contributed by atoms with Gasteiger partial charge < -0.3 is 4.74 Å². The first-order chi connectivity index (χ1) is 14.1. The molecule has 0 bridgehead atoms. The number of aryl methyl sites for hydroxylation is 2. The molecule has 0 N–H and O–H groups in total. The number of morpholine rings is 1. The molecule has 1 aromatic carbocycles. The summed E-state index contributed by atoms with van der Waals surface area (Å²) >= 11 is 0. The highest BCUT2D eigenvalue weighted by Gasteiger charge is 2.15. The third-order valence-corrected chi connectivity index (χ3v) is 5.71. The Labute approximate surface area is 171 Å². The first-order valence-electron chi connectivity index (χ1n) is 10.2. The number of rotatable bonds is 7. The van der Waals surface area contributed by atoms with Crippen molar-refractivity contribution in [1.82, 2.24) is 23.9 Å². The predicted molar refractivity (Wildman–Crippen MR) is 114 cm³/mol. The van der Waals surface area contributed by atoms with Gasteiger partial charge in [0.25, 0.3) is 0 Å². The van der Waals surface area contributed by atoms with E-state index in [4.69, 9.17) is 4.74 Å². The van der Waals surface area contributed by atoms with Gasteiger partial charge >= 0.3 is 5.69 Å². The Bertz CT molecular complexity index is 1010. The molecule has 1 aliphatic rings. The van der Waals surface area contributed by atoms with Crippen molar-refractivity contribution in [3.63, 3.8) is 0 Å². The van der Waals surface area contributed by atoms with E-state index < -0.39 is 0 Å². The molecule has 3 aromatic rings. The maximum atomic E-state index is 12.2. The lowest BCUT2D eigenvalue weighted by Gasteiger charge is -2.30. The molecule has 0 unspecified atom stereocenters. The molecule has 0 saturated carbocycles. The van der Waals surface area contributed by atoms with E-state index in [1.165, 1.54) is 11.1 Å². The fourth-order valence-electron chi connectivity index (χ4n) is 3.98. The maximum absolute atomic E-state index is 12.2. The molecule has 1 fully saturated rings. The van der Waals surface area contributed by atoms with E-state index in [0.29, 0.717) is 0 Å². The minimum absolute atomic E-state index is 0.0108. The summed E-state index contributed by atoms with van der Waals surface area (Å²) in [6.07, 6.45) is 3.75. The summed E-state index contributed by atoms with van der Waals surface area (Å²) < 4.78 is 8.89. The molecule has 7 nitrogen and oxygen atoms in total. The average molecular weight is 396 g/mol. The zero-order valence-corrected chi connectivity index (χ0v) is 17.3. The molecule has 0 atom stereocenters. The van der Waals surface area contributed by atoms with Crippen LogP contribution in [0.15, 0.2) is 47.5 Å². The van der Waals surface area contributed by atoms with Crippen molar-refractivity contribution in [3.8, 4) is 0 Å². The van der Waals surface area contributed by atoms with Crippen LogP contribution in [0.1, 0.15) is 11.1 Å². The molecule has 0 amide bonds. The third-order valence-electron chi connectivity index (χ3n) is 5.71. The highest BCUT2D eigenvalue weighted by molar-refractivity contribution is 5.76. The van der Waals surface area contributed by atoms with Gasteiger partial charge in [-0.25, -0.2) is 4.79 Å². The van der Waals surface area contributed by atoms with Gasteiger partial charge in [0.05, 0.1) is 24.2 Å². The van der Waals surface area contributed by atoms with Crippen molar-refractivity contribution in [2.75, 3.05) is 39.4 Å². The van der Waals surface area contributed by atoms with Crippen LogP contribution in [-0.4, -0.2) is 63.3 Å². The molecule has 1 saturated heterocycles.